The van der Waals surface area contributed by atoms with Crippen molar-refractivity contribution < 1.29 is 28.5 Å². The number of para-hydroxylation sites is 1. The lowest BCUT2D eigenvalue weighted by Crippen LogP contribution is -2.49. The Hall–Kier alpha value is -2.82. The second kappa shape index (κ2) is 11.7. The van der Waals surface area contributed by atoms with Gasteiger partial charge in [0.2, 0.25) is 6.29 Å². The summed E-state index contributed by atoms with van der Waals surface area (Å²) in [5, 5.41) is 7.86. The van der Waals surface area contributed by atoms with E-state index in [1.807, 2.05) is 45.0 Å². The third-order valence-electron chi connectivity index (χ3n) is 5.67. The van der Waals surface area contributed by atoms with Crippen LogP contribution in [0.25, 0.3) is 11.1 Å². The molecule has 0 unspecified atom stereocenters. The van der Waals surface area contributed by atoms with Crippen molar-refractivity contribution in [2.75, 3.05) is 46.4 Å². The van der Waals surface area contributed by atoms with E-state index in [2.05, 4.69) is 10.2 Å². The number of rotatable bonds is 9. The van der Waals surface area contributed by atoms with Crippen molar-refractivity contribution in [3.05, 3.63) is 30.0 Å². The Labute approximate surface area is 207 Å². The van der Waals surface area contributed by atoms with Crippen LogP contribution in [-0.2, 0) is 25.7 Å². The van der Waals surface area contributed by atoms with Crippen LogP contribution in [0.5, 0.6) is 5.75 Å². The number of methoxy groups -OCH3 is 4. The first-order valence-electron chi connectivity index (χ1n) is 11.8. The molecular formula is C25H38N4O6. The lowest BCUT2D eigenvalue weighted by Gasteiger charge is -2.35. The minimum atomic E-state index is -0.688. The van der Waals surface area contributed by atoms with Crippen LogP contribution in [0.2, 0.25) is 0 Å². The Kier molecular flexibility index (Phi) is 8.98. The molecule has 1 aliphatic rings. The largest absolute Gasteiger partial charge is 0.496 e. The number of ether oxygens (including phenoxy) is 5. The Bertz CT molecular complexity index is 983. The average molecular weight is 491 g/mol. The molecule has 0 aliphatic carbocycles. The van der Waals surface area contributed by atoms with Crippen molar-refractivity contribution in [1.29, 1.82) is 0 Å². The predicted molar refractivity (Wildman–Crippen MR) is 133 cm³/mol. The first-order chi connectivity index (χ1) is 16.7. The number of alkyl carbamates (subject to hydrolysis) is 1. The molecule has 2 aromatic rings. The third-order valence-corrected chi connectivity index (χ3v) is 5.67. The van der Waals surface area contributed by atoms with E-state index in [1.165, 1.54) is 0 Å². The smallest absolute Gasteiger partial charge is 0.407 e. The van der Waals surface area contributed by atoms with Crippen molar-refractivity contribution >= 4 is 11.9 Å². The van der Waals surface area contributed by atoms with Gasteiger partial charge in [-0.2, -0.15) is 5.10 Å². The summed E-state index contributed by atoms with van der Waals surface area (Å²) in [6.07, 6.45) is 0.632. The van der Waals surface area contributed by atoms with Crippen LogP contribution in [0.1, 0.15) is 45.6 Å². The molecule has 3 rings (SSSR count). The molecule has 0 saturated carbocycles. The van der Waals surface area contributed by atoms with Crippen LogP contribution in [0, 0.1) is 0 Å². The van der Waals surface area contributed by atoms with Gasteiger partial charge >= 0.3 is 6.09 Å². The number of amides is 1. The SMILES string of the molecule is COCn1nc(C(OC)OC)c(-c2ccccc2OC)c1N1CCC[C@@H](NC(=O)OC(C)(C)C)C1. The monoisotopic (exact) mass is 490 g/mol. The standard InChI is InChI=1S/C25H38N4O6/c1-25(2,3)35-24(30)26-17-11-10-14-28(15-17)22-20(18-12-8-9-13-19(18)32-5)21(23(33-6)34-7)27-29(22)16-31-4/h8-9,12-13,17,23H,10-11,14-16H2,1-7H3,(H,26,30)/t17-/m1/s1. The maximum Gasteiger partial charge on any atom is 0.407 e. The molecule has 194 valence electrons. The number of nitrogens with zero attached hydrogens (tertiary/aromatic N) is 3. The highest BCUT2D eigenvalue weighted by Gasteiger charge is 2.33. The molecule has 1 fully saturated rings. The molecular weight excluding hydrogens is 452 g/mol. The summed E-state index contributed by atoms with van der Waals surface area (Å²) in [4.78, 5) is 14.7. The lowest BCUT2D eigenvalue weighted by atomic mass is 10.0. The number of piperidine rings is 1. The van der Waals surface area contributed by atoms with Gasteiger partial charge in [-0.15, -0.1) is 0 Å². The first kappa shape index (κ1) is 26.8. The Balaban J connectivity index is 2.06. The van der Waals surface area contributed by atoms with E-state index in [4.69, 9.17) is 28.8 Å². The molecule has 1 saturated heterocycles. The van der Waals surface area contributed by atoms with E-state index >= 15 is 0 Å². The van der Waals surface area contributed by atoms with Crippen molar-refractivity contribution in [3.63, 3.8) is 0 Å². The van der Waals surface area contributed by atoms with Crippen molar-refractivity contribution in [1.82, 2.24) is 15.1 Å². The highest BCUT2D eigenvalue weighted by molar-refractivity contribution is 5.83. The van der Waals surface area contributed by atoms with E-state index in [0.29, 0.717) is 18.0 Å². The maximum atomic E-state index is 12.4. The third kappa shape index (κ3) is 6.45. The molecule has 2 heterocycles. The number of benzene rings is 1. The van der Waals surface area contributed by atoms with Crippen LogP contribution in [0.15, 0.2) is 24.3 Å². The lowest BCUT2D eigenvalue weighted by molar-refractivity contribution is -0.108. The van der Waals surface area contributed by atoms with Crippen LogP contribution >= 0.6 is 0 Å². The van der Waals surface area contributed by atoms with Crippen LogP contribution in [-0.4, -0.2) is 69.0 Å². The molecule has 35 heavy (non-hydrogen) atoms. The molecule has 10 nitrogen and oxygen atoms in total. The number of anilines is 1. The molecule has 1 atom stereocenters. The summed E-state index contributed by atoms with van der Waals surface area (Å²) in [6.45, 7) is 7.16. The number of hydrogen-bond donors (Lipinski definition) is 1. The molecule has 1 aliphatic heterocycles. The molecule has 1 aromatic carbocycles. The number of carbonyl (C=O) groups excluding carboxylic acids is 1. The molecule has 0 spiro atoms. The van der Waals surface area contributed by atoms with E-state index in [-0.39, 0.29) is 12.8 Å². The first-order valence-corrected chi connectivity index (χ1v) is 11.8. The van der Waals surface area contributed by atoms with E-state index in [9.17, 15) is 4.79 Å². The number of aromatic nitrogens is 2. The van der Waals surface area contributed by atoms with E-state index in [0.717, 1.165) is 36.3 Å². The second-order valence-electron chi connectivity index (χ2n) is 9.44. The molecule has 1 amide bonds. The van der Waals surface area contributed by atoms with Gasteiger partial charge in [-0.25, -0.2) is 9.48 Å². The predicted octanol–water partition coefficient (Wildman–Crippen LogP) is 3.95. The summed E-state index contributed by atoms with van der Waals surface area (Å²) in [5.41, 5.74) is 1.76. The minimum Gasteiger partial charge on any atom is -0.496 e. The zero-order valence-electron chi connectivity index (χ0n) is 21.8. The topological polar surface area (TPSA) is 96.3 Å². The number of carbonyl (C=O) groups is 1. The summed E-state index contributed by atoms with van der Waals surface area (Å²) in [6, 6.07) is 7.69. The van der Waals surface area contributed by atoms with Gasteiger partial charge in [-0.05, 0) is 39.7 Å². The van der Waals surface area contributed by atoms with Gasteiger partial charge in [-0.3, -0.25) is 0 Å². The van der Waals surface area contributed by atoms with Gasteiger partial charge in [0, 0.05) is 46.0 Å². The fraction of sp³-hybridized carbons (Fsp3) is 0.600. The normalized spacial score (nSPS) is 16.5. The molecule has 0 bridgehead atoms. The Morgan fingerprint density at radius 3 is 2.51 bits per heavy atom. The van der Waals surface area contributed by atoms with Crippen LogP contribution in [0.3, 0.4) is 0 Å². The second-order valence-corrected chi connectivity index (χ2v) is 9.44. The Morgan fingerprint density at radius 1 is 1.17 bits per heavy atom. The molecule has 10 heteroatoms. The van der Waals surface area contributed by atoms with Gasteiger partial charge in [0.15, 0.2) is 0 Å². The van der Waals surface area contributed by atoms with Gasteiger partial charge in [-0.1, -0.05) is 18.2 Å². The van der Waals surface area contributed by atoms with E-state index < -0.39 is 18.0 Å². The fourth-order valence-electron chi connectivity index (χ4n) is 4.36. The van der Waals surface area contributed by atoms with Gasteiger partial charge in [0.1, 0.15) is 29.6 Å². The van der Waals surface area contributed by atoms with Crippen molar-refractivity contribution in [3.8, 4) is 16.9 Å². The van der Waals surface area contributed by atoms with Gasteiger partial charge in [0.05, 0.1) is 12.7 Å². The molecule has 0 radical (unpaired) electrons. The fourth-order valence-corrected chi connectivity index (χ4v) is 4.36. The summed E-state index contributed by atoms with van der Waals surface area (Å²) in [5.74, 6) is 1.56. The number of hydrogen-bond acceptors (Lipinski definition) is 8. The minimum absolute atomic E-state index is 0.0842. The van der Waals surface area contributed by atoms with Crippen LogP contribution < -0.4 is 15.0 Å². The summed E-state index contributed by atoms with van der Waals surface area (Å²) in [7, 11) is 6.43. The zero-order chi connectivity index (χ0) is 25.6. The molecule has 1 N–H and O–H groups in total. The summed E-state index contributed by atoms with van der Waals surface area (Å²) >= 11 is 0. The van der Waals surface area contributed by atoms with Gasteiger partial charge in [0.25, 0.3) is 0 Å². The van der Waals surface area contributed by atoms with E-state index in [1.54, 1.807) is 33.1 Å². The van der Waals surface area contributed by atoms with Crippen molar-refractivity contribution in [2.45, 2.75) is 58.3 Å². The zero-order valence-corrected chi connectivity index (χ0v) is 21.8. The Morgan fingerprint density at radius 2 is 1.89 bits per heavy atom. The van der Waals surface area contributed by atoms with Crippen molar-refractivity contribution in [2.24, 2.45) is 0 Å². The maximum absolute atomic E-state index is 12.4. The number of nitrogens with one attached hydrogen (secondary N) is 1. The molecule has 1 aromatic heterocycles. The average Bonchev–Trinajstić information content (AvgIpc) is 3.17. The highest BCUT2D eigenvalue weighted by atomic mass is 16.7. The quantitative estimate of drug-likeness (QED) is 0.528. The van der Waals surface area contributed by atoms with Gasteiger partial charge < -0.3 is 33.9 Å². The van der Waals surface area contributed by atoms with Crippen LogP contribution in [0.4, 0.5) is 10.6 Å². The summed E-state index contributed by atoms with van der Waals surface area (Å²) < 4.78 is 29.7. The highest BCUT2D eigenvalue weighted by Crippen LogP contribution is 2.43.